The van der Waals surface area contributed by atoms with E-state index in [0.29, 0.717) is 19.5 Å². The maximum absolute atomic E-state index is 12.5. The summed E-state index contributed by atoms with van der Waals surface area (Å²) >= 11 is 0. The van der Waals surface area contributed by atoms with Crippen LogP contribution in [0.15, 0.2) is 24.3 Å². The first kappa shape index (κ1) is 17.0. The van der Waals surface area contributed by atoms with Crippen LogP contribution in [0.1, 0.15) is 30.4 Å². The largest absolute Gasteiger partial charge is 0.338 e. The van der Waals surface area contributed by atoms with E-state index in [2.05, 4.69) is 4.72 Å². The van der Waals surface area contributed by atoms with E-state index in [1.807, 2.05) is 36.1 Å². The monoisotopic (exact) mass is 324 g/mol. The van der Waals surface area contributed by atoms with Gasteiger partial charge >= 0.3 is 0 Å². The molecule has 1 heterocycles. The lowest BCUT2D eigenvalue weighted by molar-refractivity contribution is -0.133. The number of likely N-dealkylation sites (tertiary alicyclic amines) is 1. The number of nitrogens with zero attached hydrogens (tertiary/aromatic N) is 1. The normalized spacial score (nSPS) is 19.2. The Hall–Kier alpha value is -1.40. The fraction of sp³-hybridized carbons (Fsp3) is 0.562. The van der Waals surface area contributed by atoms with E-state index in [0.717, 1.165) is 31.1 Å². The predicted molar refractivity (Wildman–Crippen MR) is 87.1 cm³/mol. The summed E-state index contributed by atoms with van der Waals surface area (Å²) < 4.78 is 25.0. The van der Waals surface area contributed by atoms with Gasteiger partial charge in [-0.05, 0) is 31.7 Å². The smallest absolute Gasteiger partial charge is 0.227 e. The molecule has 0 bridgehead atoms. The van der Waals surface area contributed by atoms with Crippen LogP contribution in [0, 0.1) is 6.92 Å². The first-order valence-corrected chi connectivity index (χ1v) is 9.54. The van der Waals surface area contributed by atoms with Gasteiger partial charge in [-0.25, -0.2) is 13.1 Å². The highest BCUT2D eigenvalue weighted by Gasteiger charge is 2.27. The van der Waals surface area contributed by atoms with Crippen molar-refractivity contribution in [3.05, 3.63) is 35.4 Å². The first-order valence-electron chi connectivity index (χ1n) is 7.65. The van der Waals surface area contributed by atoms with Crippen molar-refractivity contribution in [2.45, 2.75) is 38.6 Å². The molecule has 1 aromatic carbocycles. The minimum absolute atomic E-state index is 0.0403. The molecule has 1 aromatic rings. The molecule has 1 N–H and O–H groups in total. The molecule has 0 unspecified atom stereocenters. The van der Waals surface area contributed by atoms with E-state index in [1.165, 1.54) is 5.56 Å². The average Bonchev–Trinajstić information content (AvgIpc) is 2.47. The zero-order valence-corrected chi connectivity index (χ0v) is 14.0. The van der Waals surface area contributed by atoms with E-state index in [9.17, 15) is 13.2 Å². The number of sulfonamides is 1. The molecule has 0 aromatic heterocycles. The van der Waals surface area contributed by atoms with Crippen molar-refractivity contribution >= 4 is 15.9 Å². The van der Waals surface area contributed by atoms with Gasteiger partial charge in [0.05, 0.1) is 12.7 Å². The van der Waals surface area contributed by atoms with Crippen molar-refractivity contribution < 1.29 is 13.2 Å². The topological polar surface area (TPSA) is 66.5 Å². The molecule has 1 aliphatic heterocycles. The molecule has 0 saturated carbocycles. The summed E-state index contributed by atoms with van der Waals surface area (Å²) in [6.07, 6.45) is 4.38. The fourth-order valence-corrected chi connectivity index (χ4v) is 3.27. The Morgan fingerprint density at radius 1 is 1.27 bits per heavy atom. The Bertz CT molecular complexity index is 611. The van der Waals surface area contributed by atoms with Gasteiger partial charge in [0.25, 0.3) is 0 Å². The lowest BCUT2D eigenvalue weighted by atomic mass is 10.0. The van der Waals surface area contributed by atoms with Crippen LogP contribution < -0.4 is 4.72 Å². The van der Waals surface area contributed by atoms with Gasteiger partial charge < -0.3 is 4.90 Å². The van der Waals surface area contributed by atoms with E-state index in [4.69, 9.17) is 0 Å². The molecular formula is C16H24N2O3S. The Balaban J connectivity index is 2.00. The Morgan fingerprint density at radius 2 is 1.95 bits per heavy atom. The zero-order valence-electron chi connectivity index (χ0n) is 13.2. The summed E-state index contributed by atoms with van der Waals surface area (Å²) in [6, 6.07) is 7.91. The molecule has 1 fully saturated rings. The Labute approximate surface area is 132 Å². The van der Waals surface area contributed by atoms with Crippen molar-refractivity contribution in [1.82, 2.24) is 9.62 Å². The van der Waals surface area contributed by atoms with Crippen LogP contribution in [-0.2, 0) is 21.2 Å². The number of piperidine rings is 1. The average molecular weight is 324 g/mol. The lowest BCUT2D eigenvalue weighted by Gasteiger charge is -2.36. The van der Waals surface area contributed by atoms with Crippen molar-refractivity contribution in [3.63, 3.8) is 0 Å². The second-order valence-electron chi connectivity index (χ2n) is 6.02. The molecule has 1 atom stereocenters. The molecule has 1 aliphatic rings. The van der Waals surface area contributed by atoms with E-state index in [-0.39, 0.29) is 11.9 Å². The summed E-state index contributed by atoms with van der Waals surface area (Å²) in [7, 11) is -3.22. The summed E-state index contributed by atoms with van der Waals surface area (Å²) in [6.45, 7) is 3.03. The summed E-state index contributed by atoms with van der Waals surface area (Å²) in [5, 5.41) is 0. The van der Waals surface area contributed by atoms with Gasteiger partial charge in [-0.15, -0.1) is 0 Å². The number of hydrogen-bond acceptors (Lipinski definition) is 3. The number of rotatable bonds is 5. The van der Waals surface area contributed by atoms with Crippen molar-refractivity contribution in [2.24, 2.45) is 0 Å². The van der Waals surface area contributed by atoms with Crippen molar-refractivity contribution in [2.75, 3.05) is 19.3 Å². The third kappa shape index (κ3) is 5.10. The highest BCUT2D eigenvalue weighted by Crippen LogP contribution is 2.18. The molecule has 22 heavy (non-hydrogen) atoms. The van der Waals surface area contributed by atoms with E-state index in [1.54, 1.807) is 0 Å². The maximum atomic E-state index is 12.5. The Morgan fingerprint density at radius 3 is 2.59 bits per heavy atom. The van der Waals surface area contributed by atoms with Crippen molar-refractivity contribution in [1.29, 1.82) is 0 Å². The minimum Gasteiger partial charge on any atom is -0.338 e. The van der Waals surface area contributed by atoms with Gasteiger partial charge in [-0.3, -0.25) is 4.79 Å². The number of hydrogen-bond donors (Lipinski definition) is 1. The molecule has 0 aliphatic carbocycles. The van der Waals surface area contributed by atoms with Crippen LogP contribution in [-0.4, -0.2) is 44.6 Å². The Kier molecular flexibility index (Phi) is 5.58. The van der Waals surface area contributed by atoms with Crippen LogP contribution in [0.4, 0.5) is 0 Å². The summed E-state index contributed by atoms with van der Waals surface area (Å²) in [5.41, 5.74) is 2.17. The number of carbonyl (C=O) groups is 1. The van der Waals surface area contributed by atoms with Crippen LogP contribution >= 0.6 is 0 Å². The lowest BCUT2D eigenvalue weighted by Crippen LogP contribution is -2.49. The molecule has 0 spiro atoms. The van der Waals surface area contributed by atoms with Crippen LogP contribution in [0.3, 0.4) is 0 Å². The molecule has 6 heteroatoms. The number of carbonyl (C=O) groups excluding carboxylic acids is 1. The number of aryl methyl sites for hydroxylation is 1. The highest BCUT2D eigenvalue weighted by atomic mass is 32.2. The summed E-state index contributed by atoms with van der Waals surface area (Å²) in [5.74, 6) is 0.0730. The van der Waals surface area contributed by atoms with Gasteiger partial charge in [0.1, 0.15) is 0 Å². The molecular weight excluding hydrogens is 300 g/mol. The van der Waals surface area contributed by atoms with Gasteiger partial charge in [0, 0.05) is 19.1 Å². The second-order valence-corrected chi connectivity index (χ2v) is 7.85. The quantitative estimate of drug-likeness (QED) is 0.892. The molecule has 1 amide bonds. The number of amides is 1. The standard InChI is InChI=1S/C16H24N2O3S/c1-13-6-8-14(9-7-13)11-16(19)18-10-4-3-5-15(18)12-17-22(2,20)21/h6-9,15,17H,3-5,10-12H2,1-2H3/t15-/m0/s1. The molecule has 122 valence electrons. The maximum Gasteiger partial charge on any atom is 0.227 e. The third-order valence-electron chi connectivity index (χ3n) is 4.00. The SMILES string of the molecule is Cc1ccc(CC(=O)N2CCCC[C@H]2CNS(C)(=O)=O)cc1. The van der Waals surface area contributed by atoms with Gasteiger partial charge in [0.2, 0.25) is 15.9 Å². The third-order valence-corrected chi connectivity index (χ3v) is 4.70. The molecule has 2 rings (SSSR count). The second kappa shape index (κ2) is 7.24. The number of benzene rings is 1. The highest BCUT2D eigenvalue weighted by molar-refractivity contribution is 7.88. The van der Waals surface area contributed by atoms with E-state index >= 15 is 0 Å². The van der Waals surface area contributed by atoms with Crippen LogP contribution in [0.2, 0.25) is 0 Å². The first-order chi connectivity index (χ1) is 10.3. The molecule has 1 saturated heterocycles. The van der Waals surface area contributed by atoms with Gasteiger partial charge in [0.15, 0.2) is 0 Å². The zero-order chi connectivity index (χ0) is 16.2. The van der Waals surface area contributed by atoms with Crippen LogP contribution in [0.25, 0.3) is 0 Å². The van der Waals surface area contributed by atoms with Gasteiger partial charge in [-0.1, -0.05) is 29.8 Å². The summed E-state index contributed by atoms with van der Waals surface area (Å²) in [4.78, 5) is 14.4. The molecule has 5 nitrogen and oxygen atoms in total. The molecule has 0 radical (unpaired) electrons. The van der Waals surface area contributed by atoms with Crippen LogP contribution in [0.5, 0.6) is 0 Å². The van der Waals surface area contributed by atoms with Gasteiger partial charge in [-0.2, -0.15) is 0 Å². The number of nitrogens with one attached hydrogen (secondary N) is 1. The van der Waals surface area contributed by atoms with E-state index < -0.39 is 10.0 Å². The fourth-order valence-electron chi connectivity index (χ4n) is 2.77. The van der Waals surface area contributed by atoms with Crippen molar-refractivity contribution in [3.8, 4) is 0 Å². The predicted octanol–water partition coefficient (Wildman–Crippen LogP) is 1.47. The minimum atomic E-state index is -3.22.